The van der Waals surface area contributed by atoms with Crippen LogP contribution in [0.5, 0.6) is 0 Å². The Kier molecular flexibility index (Phi) is 3.08. The van der Waals surface area contributed by atoms with E-state index in [0.717, 1.165) is 17.3 Å². The van der Waals surface area contributed by atoms with E-state index in [-0.39, 0.29) is 0 Å². The van der Waals surface area contributed by atoms with Gasteiger partial charge in [-0.2, -0.15) is 0 Å². The molecule has 2 rings (SSSR count). The highest BCUT2D eigenvalue weighted by molar-refractivity contribution is 6.36. The molecule has 1 aromatic carbocycles. The standard InChI is InChI=1S/C11H11Cl2N3/c1-7-6-16(2)11(14-7)15-10-4-3-8(12)5-9(10)13/h3-6H,1-2H3,(H,14,15). The lowest BCUT2D eigenvalue weighted by molar-refractivity contribution is 0.924. The van der Waals surface area contributed by atoms with Crippen LogP contribution in [0.15, 0.2) is 24.4 Å². The highest BCUT2D eigenvalue weighted by Crippen LogP contribution is 2.27. The van der Waals surface area contributed by atoms with Gasteiger partial charge >= 0.3 is 0 Å². The Bertz CT molecular complexity index is 520. The first kappa shape index (κ1) is 11.3. The first-order valence-corrected chi connectivity index (χ1v) is 5.54. The minimum Gasteiger partial charge on any atom is -0.324 e. The van der Waals surface area contributed by atoms with E-state index in [1.165, 1.54) is 0 Å². The molecule has 0 saturated carbocycles. The highest BCUT2D eigenvalue weighted by atomic mass is 35.5. The summed E-state index contributed by atoms with van der Waals surface area (Å²) in [6, 6.07) is 5.31. The molecule has 0 fully saturated rings. The number of hydrogen-bond donors (Lipinski definition) is 1. The predicted molar refractivity (Wildman–Crippen MR) is 67.7 cm³/mol. The van der Waals surface area contributed by atoms with Gasteiger partial charge in [0, 0.05) is 18.3 Å². The number of halogens is 2. The van der Waals surface area contributed by atoms with Gasteiger partial charge in [0.15, 0.2) is 0 Å². The summed E-state index contributed by atoms with van der Waals surface area (Å²) in [5.74, 6) is 0.752. The molecular formula is C11H11Cl2N3. The minimum atomic E-state index is 0.577. The number of anilines is 2. The molecule has 0 aliphatic carbocycles. The van der Waals surface area contributed by atoms with E-state index in [9.17, 15) is 0 Å². The smallest absolute Gasteiger partial charge is 0.207 e. The SMILES string of the molecule is Cc1cn(C)c(Nc2ccc(Cl)cc2Cl)n1. The van der Waals surface area contributed by atoms with Crippen LogP contribution in [0.3, 0.4) is 0 Å². The van der Waals surface area contributed by atoms with Crippen molar-refractivity contribution in [1.29, 1.82) is 0 Å². The molecule has 1 heterocycles. The molecule has 0 saturated heterocycles. The molecule has 0 atom stereocenters. The Morgan fingerprint density at radius 3 is 2.62 bits per heavy atom. The number of nitrogens with one attached hydrogen (secondary N) is 1. The Hall–Kier alpha value is -1.19. The minimum absolute atomic E-state index is 0.577. The molecule has 16 heavy (non-hydrogen) atoms. The molecule has 3 nitrogen and oxygen atoms in total. The average Bonchev–Trinajstić information content (AvgIpc) is 2.50. The predicted octanol–water partition coefficient (Wildman–Crippen LogP) is 3.78. The van der Waals surface area contributed by atoms with E-state index < -0.39 is 0 Å². The van der Waals surface area contributed by atoms with Crippen LogP contribution < -0.4 is 5.32 Å². The lowest BCUT2D eigenvalue weighted by Crippen LogP contribution is -1.98. The number of imidazole rings is 1. The first-order valence-electron chi connectivity index (χ1n) is 4.78. The third-order valence-electron chi connectivity index (χ3n) is 2.17. The lowest BCUT2D eigenvalue weighted by atomic mass is 10.3. The molecular weight excluding hydrogens is 245 g/mol. The van der Waals surface area contributed by atoms with Crippen molar-refractivity contribution in [3.8, 4) is 0 Å². The van der Waals surface area contributed by atoms with Crippen molar-refractivity contribution in [1.82, 2.24) is 9.55 Å². The largest absolute Gasteiger partial charge is 0.324 e. The van der Waals surface area contributed by atoms with Gasteiger partial charge in [-0.15, -0.1) is 0 Å². The van der Waals surface area contributed by atoms with E-state index in [2.05, 4.69) is 10.3 Å². The number of aryl methyl sites for hydroxylation is 2. The van der Waals surface area contributed by atoms with Gasteiger partial charge in [0.25, 0.3) is 0 Å². The van der Waals surface area contributed by atoms with Crippen LogP contribution in [0.4, 0.5) is 11.6 Å². The van der Waals surface area contributed by atoms with Crippen LogP contribution in [0, 0.1) is 6.92 Å². The molecule has 1 aromatic heterocycles. The quantitative estimate of drug-likeness (QED) is 0.886. The number of hydrogen-bond acceptors (Lipinski definition) is 2. The zero-order chi connectivity index (χ0) is 11.7. The monoisotopic (exact) mass is 255 g/mol. The van der Waals surface area contributed by atoms with Crippen molar-refractivity contribution in [2.75, 3.05) is 5.32 Å². The fourth-order valence-corrected chi connectivity index (χ4v) is 1.90. The molecule has 0 amide bonds. The van der Waals surface area contributed by atoms with E-state index in [4.69, 9.17) is 23.2 Å². The lowest BCUT2D eigenvalue weighted by Gasteiger charge is -2.07. The van der Waals surface area contributed by atoms with Crippen molar-refractivity contribution < 1.29 is 0 Å². The van der Waals surface area contributed by atoms with Gasteiger partial charge in [0.05, 0.1) is 16.4 Å². The van der Waals surface area contributed by atoms with Crippen LogP contribution in [-0.2, 0) is 7.05 Å². The fourth-order valence-electron chi connectivity index (χ4n) is 1.44. The topological polar surface area (TPSA) is 29.9 Å². The molecule has 0 spiro atoms. The summed E-state index contributed by atoms with van der Waals surface area (Å²) in [7, 11) is 1.92. The van der Waals surface area contributed by atoms with E-state index in [1.54, 1.807) is 12.1 Å². The number of rotatable bonds is 2. The van der Waals surface area contributed by atoms with Gasteiger partial charge in [-0.3, -0.25) is 0 Å². The maximum Gasteiger partial charge on any atom is 0.207 e. The van der Waals surface area contributed by atoms with Crippen LogP contribution in [0.25, 0.3) is 0 Å². The molecule has 5 heteroatoms. The van der Waals surface area contributed by atoms with Crippen LogP contribution >= 0.6 is 23.2 Å². The number of benzene rings is 1. The highest BCUT2D eigenvalue weighted by Gasteiger charge is 2.05. The number of aromatic nitrogens is 2. The molecule has 0 aliphatic rings. The molecule has 0 unspecified atom stereocenters. The zero-order valence-electron chi connectivity index (χ0n) is 8.96. The number of nitrogens with zero attached hydrogens (tertiary/aromatic N) is 2. The summed E-state index contributed by atoms with van der Waals surface area (Å²) in [6.45, 7) is 1.94. The normalized spacial score (nSPS) is 10.5. The van der Waals surface area contributed by atoms with Crippen molar-refractivity contribution in [2.45, 2.75) is 6.92 Å². The van der Waals surface area contributed by atoms with Crippen LogP contribution in [0.1, 0.15) is 5.69 Å². The summed E-state index contributed by atoms with van der Waals surface area (Å²) >= 11 is 11.9. The Morgan fingerprint density at radius 2 is 2.06 bits per heavy atom. The van der Waals surface area contributed by atoms with E-state index >= 15 is 0 Å². The molecule has 1 N–H and O–H groups in total. The summed E-state index contributed by atoms with van der Waals surface area (Å²) in [4.78, 5) is 4.33. The molecule has 0 bridgehead atoms. The molecule has 0 aliphatic heterocycles. The van der Waals surface area contributed by atoms with Crippen molar-refractivity contribution in [3.63, 3.8) is 0 Å². The van der Waals surface area contributed by atoms with Gasteiger partial charge in [-0.05, 0) is 25.1 Å². The van der Waals surface area contributed by atoms with Crippen molar-refractivity contribution in [2.24, 2.45) is 7.05 Å². The van der Waals surface area contributed by atoms with Crippen LogP contribution in [-0.4, -0.2) is 9.55 Å². The van der Waals surface area contributed by atoms with Gasteiger partial charge in [0.2, 0.25) is 5.95 Å². The molecule has 84 valence electrons. The molecule has 0 radical (unpaired) electrons. The summed E-state index contributed by atoms with van der Waals surface area (Å²) in [5, 5.41) is 4.34. The second kappa shape index (κ2) is 4.36. The fraction of sp³-hybridized carbons (Fsp3) is 0.182. The van der Waals surface area contributed by atoms with Gasteiger partial charge in [-0.1, -0.05) is 23.2 Å². The maximum atomic E-state index is 6.05. The second-order valence-electron chi connectivity index (χ2n) is 3.57. The van der Waals surface area contributed by atoms with Gasteiger partial charge < -0.3 is 9.88 Å². The summed E-state index contributed by atoms with van der Waals surface area (Å²) < 4.78 is 1.90. The second-order valence-corrected chi connectivity index (χ2v) is 4.41. The first-order chi connectivity index (χ1) is 7.56. The third-order valence-corrected chi connectivity index (χ3v) is 2.72. The van der Waals surface area contributed by atoms with Crippen molar-refractivity contribution in [3.05, 3.63) is 40.1 Å². The summed E-state index contributed by atoms with van der Waals surface area (Å²) in [5.41, 5.74) is 1.75. The Labute approximate surface area is 104 Å². The van der Waals surface area contributed by atoms with Crippen LogP contribution in [0.2, 0.25) is 10.0 Å². The zero-order valence-corrected chi connectivity index (χ0v) is 10.5. The average molecular weight is 256 g/mol. The van der Waals surface area contributed by atoms with E-state index in [1.807, 2.05) is 30.8 Å². The van der Waals surface area contributed by atoms with Crippen molar-refractivity contribution >= 4 is 34.8 Å². The Balaban J connectivity index is 2.30. The van der Waals surface area contributed by atoms with E-state index in [0.29, 0.717) is 10.0 Å². The van der Waals surface area contributed by atoms with Gasteiger partial charge in [-0.25, -0.2) is 4.98 Å². The Morgan fingerprint density at radius 1 is 1.31 bits per heavy atom. The van der Waals surface area contributed by atoms with Gasteiger partial charge in [0.1, 0.15) is 0 Å². The maximum absolute atomic E-state index is 6.05. The third kappa shape index (κ3) is 2.31. The summed E-state index contributed by atoms with van der Waals surface area (Å²) in [6.07, 6.45) is 1.94. The molecule has 2 aromatic rings.